The molecule has 0 aromatic heterocycles. The predicted octanol–water partition coefficient (Wildman–Crippen LogP) is 3.78. The molecule has 1 unspecified atom stereocenters. The summed E-state index contributed by atoms with van der Waals surface area (Å²) in [4.78, 5) is 2.42. The Morgan fingerprint density at radius 1 is 1.00 bits per heavy atom. The number of hydrogen-bond acceptors (Lipinski definition) is 2. The summed E-state index contributed by atoms with van der Waals surface area (Å²) < 4.78 is 0. The van der Waals surface area contributed by atoms with Gasteiger partial charge in [0.05, 0.1) is 0 Å². The smallest absolute Gasteiger partial charge is 0.0415 e. The van der Waals surface area contributed by atoms with Crippen molar-refractivity contribution in [3.8, 4) is 0 Å². The largest absolute Gasteiger partial charge is 0.368 e. The van der Waals surface area contributed by atoms with Crippen molar-refractivity contribution in [2.75, 3.05) is 18.0 Å². The molecule has 0 aliphatic rings. The van der Waals surface area contributed by atoms with Crippen molar-refractivity contribution in [2.24, 2.45) is 5.73 Å². The van der Waals surface area contributed by atoms with Crippen molar-refractivity contribution in [1.29, 1.82) is 0 Å². The van der Waals surface area contributed by atoms with E-state index in [1.807, 2.05) is 0 Å². The number of nitrogens with zero attached hydrogens (tertiary/aromatic N) is 1. The van der Waals surface area contributed by atoms with Gasteiger partial charge in [0.25, 0.3) is 0 Å². The van der Waals surface area contributed by atoms with Crippen LogP contribution in [0.5, 0.6) is 0 Å². The molecule has 0 aliphatic heterocycles. The number of aryl methyl sites for hydroxylation is 2. The van der Waals surface area contributed by atoms with Gasteiger partial charge in [-0.25, -0.2) is 0 Å². The van der Waals surface area contributed by atoms with Gasteiger partial charge >= 0.3 is 0 Å². The maximum absolute atomic E-state index is 6.04. The van der Waals surface area contributed by atoms with Crippen LogP contribution in [-0.4, -0.2) is 19.1 Å². The molecule has 2 nitrogen and oxygen atoms in total. The minimum Gasteiger partial charge on any atom is -0.368 e. The van der Waals surface area contributed by atoms with Crippen LogP contribution in [0.3, 0.4) is 0 Å². The molecular weight excluding hydrogens is 256 g/mol. The van der Waals surface area contributed by atoms with Crippen LogP contribution in [0, 0.1) is 6.92 Å². The Morgan fingerprint density at radius 3 is 2.24 bits per heavy atom. The molecule has 0 saturated heterocycles. The predicted molar refractivity (Wildman–Crippen MR) is 91.8 cm³/mol. The third kappa shape index (κ3) is 4.33. The van der Waals surface area contributed by atoms with Crippen LogP contribution in [-0.2, 0) is 6.42 Å². The Hall–Kier alpha value is -1.80. The second-order valence-corrected chi connectivity index (χ2v) is 5.54. The zero-order valence-corrected chi connectivity index (χ0v) is 13.1. The fourth-order valence-corrected chi connectivity index (χ4v) is 2.77. The van der Waals surface area contributed by atoms with Gasteiger partial charge in [-0.2, -0.15) is 0 Å². The molecule has 0 saturated carbocycles. The molecule has 2 heteroatoms. The zero-order chi connectivity index (χ0) is 15.1. The fourth-order valence-electron chi connectivity index (χ4n) is 2.77. The first-order valence-electron chi connectivity index (χ1n) is 7.82. The molecule has 0 bridgehead atoms. The van der Waals surface area contributed by atoms with Gasteiger partial charge in [0.1, 0.15) is 0 Å². The second kappa shape index (κ2) is 7.84. The first-order chi connectivity index (χ1) is 10.2. The normalized spacial score (nSPS) is 12.1. The Labute approximate surface area is 128 Å². The Balaban J connectivity index is 2.05. The number of nitrogens with two attached hydrogens (primary N) is 1. The average Bonchev–Trinajstić information content (AvgIpc) is 2.53. The highest BCUT2D eigenvalue weighted by atomic mass is 15.2. The van der Waals surface area contributed by atoms with E-state index in [9.17, 15) is 0 Å². The molecule has 1 atom stereocenters. The van der Waals surface area contributed by atoms with Crippen LogP contribution in [0.4, 0.5) is 5.69 Å². The molecule has 112 valence electrons. The van der Waals surface area contributed by atoms with Crippen LogP contribution in [0.15, 0.2) is 54.6 Å². The van der Waals surface area contributed by atoms with E-state index in [0.717, 1.165) is 19.4 Å². The maximum Gasteiger partial charge on any atom is 0.0415 e. The molecule has 0 spiro atoms. The standard InChI is InChI=1S/C19H26N2/c1-3-21(18-12-9-16(2)10-13-18)19(15-20)14-11-17-7-5-4-6-8-17/h4-10,12-13,19H,3,11,14-15,20H2,1-2H3. The Kier molecular flexibility index (Phi) is 5.82. The summed E-state index contributed by atoms with van der Waals surface area (Å²) in [7, 11) is 0. The molecule has 0 heterocycles. The van der Waals surface area contributed by atoms with Gasteiger partial charge < -0.3 is 10.6 Å². The lowest BCUT2D eigenvalue weighted by atomic mass is 10.0. The van der Waals surface area contributed by atoms with Gasteiger partial charge in [-0.3, -0.25) is 0 Å². The van der Waals surface area contributed by atoms with Crippen LogP contribution in [0.2, 0.25) is 0 Å². The van der Waals surface area contributed by atoms with Gasteiger partial charge in [-0.05, 0) is 44.4 Å². The van der Waals surface area contributed by atoms with E-state index in [1.54, 1.807) is 0 Å². The van der Waals surface area contributed by atoms with Crippen LogP contribution in [0.25, 0.3) is 0 Å². The zero-order valence-electron chi connectivity index (χ0n) is 13.1. The van der Waals surface area contributed by atoms with Gasteiger partial charge in [-0.15, -0.1) is 0 Å². The average molecular weight is 282 g/mol. The molecule has 2 rings (SSSR count). The van der Waals surface area contributed by atoms with E-state index in [1.165, 1.54) is 16.8 Å². The lowest BCUT2D eigenvalue weighted by Crippen LogP contribution is -2.41. The highest BCUT2D eigenvalue weighted by Crippen LogP contribution is 2.20. The highest BCUT2D eigenvalue weighted by Gasteiger charge is 2.16. The summed E-state index contributed by atoms with van der Waals surface area (Å²) in [6, 6.07) is 19.8. The SMILES string of the molecule is CCN(c1ccc(C)cc1)C(CN)CCc1ccccc1. The van der Waals surface area contributed by atoms with Gasteiger partial charge in [0, 0.05) is 24.8 Å². The lowest BCUT2D eigenvalue weighted by molar-refractivity contribution is 0.566. The molecule has 0 radical (unpaired) electrons. The Bertz CT molecular complexity index is 519. The van der Waals surface area contributed by atoms with Crippen molar-refractivity contribution in [3.63, 3.8) is 0 Å². The second-order valence-electron chi connectivity index (χ2n) is 5.54. The number of anilines is 1. The molecular formula is C19H26N2. The minimum atomic E-state index is 0.387. The van der Waals surface area contributed by atoms with Crippen molar-refractivity contribution < 1.29 is 0 Å². The fraction of sp³-hybridized carbons (Fsp3) is 0.368. The topological polar surface area (TPSA) is 29.3 Å². The van der Waals surface area contributed by atoms with E-state index in [2.05, 4.69) is 73.3 Å². The van der Waals surface area contributed by atoms with E-state index < -0.39 is 0 Å². The molecule has 0 fully saturated rings. The van der Waals surface area contributed by atoms with Crippen molar-refractivity contribution in [1.82, 2.24) is 0 Å². The molecule has 2 N–H and O–H groups in total. The first kappa shape index (κ1) is 15.6. The molecule has 2 aromatic rings. The summed E-state index contributed by atoms with van der Waals surface area (Å²) in [5.74, 6) is 0. The van der Waals surface area contributed by atoms with Gasteiger partial charge in [0.2, 0.25) is 0 Å². The summed E-state index contributed by atoms with van der Waals surface area (Å²) in [5.41, 5.74) is 9.99. The summed E-state index contributed by atoms with van der Waals surface area (Å²) in [5, 5.41) is 0. The molecule has 0 aliphatic carbocycles. The molecule has 0 amide bonds. The third-order valence-electron chi connectivity index (χ3n) is 4.03. The van der Waals surface area contributed by atoms with Crippen LogP contribution >= 0.6 is 0 Å². The first-order valence-corrected chi connectivity index (χ1v) is 7.82. The molecule has 21 heavy (non-hydrogen) atoms. The number of benzene rings is 2. The maximum atomic E-state index is 6.04. The third-order valence-corrected chi connectivity index (χ3v) is 4.03. The van der Waals surface area contributed by atoms with Gasteiger partial charge in [0.15, 0.2) is 0 Å². The number of likely N-dealkylation sites (N-methyl/N-ethyl adjacent to an activating group) is 1. The summed E-state index contributed by atoms with van der Waals surface area (Å²) >= 11 is 0. The van der Waals surface area contributed by atoms with E-state index in [0.29, 0.717) is 12.6 Å². The highest BCUT2D eigenvalue weighted by molar-refractivity contribution is 5.48. The van der Waals surface area contributed by atoms with E-state index in [-0.39, 0.29) is 0 Å². The number of rotatable bonds is 7. The monoisotopic (exact) mass is 282 g/mol. The quantitative estimate of drug-likeness (QED) is 0.837. The van der Waals surface area contributed by atoms with Crippen molar-refractivity contribution in [3.05, 3.63) is 65.7 Å². The summed E-state index contributed by atoms with van der Waals surface area (Å²) in [6.07, 6.45) is 2.16. The van der Waals surface area contributed by atoms with Crippen molar-refractivity contribution >= 4 is 5.69 Å². The van der Waals surface area contributed by atoms with Crippen molar-refractivity contribution in [2.45, 2.75) is 32.7 Å². The van der Waals surface area contributed by atoms with E-state index >= 15 is 0 Å². The van der Waals surface area contributed by atoms with Crippen LogP contribution < -0.4 is 10.6 Å². The Morgan fingerprint density at radius 2 is 1.67 bits per heavy atom. The number of hydrogen-bond donors (Lipinski definition) is 1. The lowest BCUT2D eigenvalue weighted by Gasteiger charge is -2.32. The molecule has 2 aromatic carbocycles. The van der Waals surface area contributed by atoms with Crippen LogP contribution in [0.1, 0.15) is 24.5 Å². The van der Waals surface area contributed by atoms with Gasteiger partial charge in [-0.1, -0.05) is 48.0 Å². The minimum absolute atomic E-state index is 0.387. The summed E-state index contributed by atoms with van der Waals surface area (Å²) in [6.45, 7) is 6.00. The van der Waals surface area contributed by atoms with E-state index in [4.69, 9.17) is 5.73 Å².